The number of hydrogen-bond donors (Lipinski definition) is 0. The molecule has 1 aromatic carbocycles. The Labute approximate surface area is 131 Å². The Balaban J connectivity index is 1.63. The lowest BCUT2D eigenvalue weighted by Crippen LogP contribution is -2.19. The van der Waals surface area contributed by atoms with Crippen LogP contribution in [-0.2, 0) is 6.54 Å². The smallest absolute Gasteiger partial charge is 0.178 e. The van der Waals surface area contributed by atoms with Gasteiger partial charge in [0.2, 0.25) is 0 Å². The quantitative estimate of drug-likeness (QED) is 0.743. The van der Waals surface area contributed by atoms with E-state index < -0.39 is 11.6 Å². The number of anilines is 1. The van der Waals surface area contributed by atoms with Gasteiger partial charge in [-0.2, -0.15) is 4.52 Å². The number of hydrogen-bond acceptors (Lipinski definition) is 4. The maximum absolute atomic E-state index is 13.8. The van der Waals surface area contributed by atoms with Crippen LogP contribution in [0.3, 0.4) is 0 Å². The Kier molecular flexibility index (Phi) is 3.21. The molecule has 23 heavy (non-hydrogen) atoms. The van der Waals surface area contributed by atoms with Crippen molar-refractivity contribution in [1.29, 1.82) is 0 Å². The molecule has 2 heterocycles. The first-order valence-electron chi connectivity index (χ1n) is 7.49. The van der Waals surface area contributed by atoms with Gasteiger partial charge in [0.25, 0.3) is 0 Å². The summed E-state index contributed by atoms with van der Waals surface area (Å²) in [6.07, 6.45) is 2.23. The Morgan fingerprint density at radius 1 is 1.17 bits per heavy atom. The lowest BCUT2D eigenvalue weighted by atomic mass is 10.2. The molecule has 1 fully saturated rings. The van der Waals surface area contributed by atoms with Crippen LogP contribution in [0, 0.1) is 11.6 Å². The zero-order valence-electron chi connectivity index (χ0n) is 12.6. The Morgan fingerprint density at radius 3 is 2.74 bits per heavy atom. The van der Waals surface area contributed by atoms with Crippen LogP contribution in [-0.4, -0.2) is 26.9 Å². The molecule has 3 aromatic rings. The summed E-state index contributed by atoms with van der Waals surface area (Å²) in [5.74, 6) is 0.867. The van der Waals surface area contributed by atoms with Crippen LogP contribution in [0.1, 0.15) is 30.1 Å². The third-order valence-electron chi connectivity index (χ3n) is 4.03. The highest BCUT2D eigenvalue weighted by Crippen LogP contribution is 2.38. The summed E-state index contributed by atoms with van der Waals surface area (Å²) in [5, 5.41) is 12.9. The van der Waals surface area contributed by atoms with Gasteiger partial charge in [0.1, 0.15) is 17.5 Å². The topological polar surface area (TPSA) is 46.3 Å². The van der Waals surface area contributed by atoms with Gasteiger partial charge in [-0.1, -0.05) is 6.07 Å². The Hall–Kier alpha value is -2.57. The molecule has 0 saturated heterocycles. The molecule has 1 aliphatic rings. The molecule has 0 N–H and O–H groups in total. The third kappa shape index (κ3) is 2.62. The second-order valence-corrected chi connectivity index (χ2v) is 5.89. The minimum atomic E-state index is -0.577. The fourth-order valence-electron chi connectivity index (χ4n) is 2.58. The Bertz CT molecular complexity index is 872. The van der Waals surface area contributed by atoms with E-state index in [4.69, 9.17) is 0 Å². The van der Waals surface area contributed by atoms with E-state index >= 15 is 0 Å². The largest absolute Gasteiger partial charge is 0.354 e. The molecule has 0 bridgehead atoms. The van der Waals surface area contributed by atoms with Gasteiger partial charge in [0.05, 0.1) is 0 Å². The molecule has 5 nitrogen and oxygen atoms in total. The summed E-state index contributed by atoms with van der Waals surface area (Å²) in [6, 6.07) is 7.27. The van der Waals surface area contributed by atoms with Gasteiger partial charge in [0, 0.05) is 31.1 Å². The number of rotatable bonds is 4. The molecule has 0 aliphatic heterocycles. The first kappa shape index (κ1) is 14.0. The van der Waals surface area contributed by atoms with Crippen LogP contribution in [0.25, 0.3) is 5.65 Å². The molecular formula is C16H15F2N5. The molecule has 7 heteroatoms. The SMILES string of the molecule is CN(Cc1ccc(F)cc1F)c1ccc2nnc(C3CC3)n2n1. The number of aromatic nitrogens is 4. The number of fused-ring (bicyclic) bond motifs is 1. The molecule has 1 saturated carbocycles. The van der Waals surface area contributed by atoms with E-state index in [9.17, 15) is 8.78 Å². The molecule has 0 unspecified atom stereocenters. The van der Waals surface area contributed by atoms with Gasteiger partial charge in [-0.05, 0) is 31.0 Å². The summed E-state index contributed by atoms with van der Waals surface area (Å²) in [7, 11) is 1.82. The van der Waals surface area contributed by atoms with Gasteiger partial charge < -0.3 is 4.90 Å². The van der Waals surface area contributed by atoms with Crippen molar-refractivity contribution < 1.29 is 8.78 Å². The minimum Gasteiger partial charge on any atom is -0.354 e. The molecule has 0 atom stereocenters. The summed E-state index contributed by atoms with van der Waals surface area (Å²) < 4.78 is 28.5. The average molecular weight is 315 g/mol. The van der Waals surface area contributed by atoms with Crippen molar-refractivity contribution in [3.05, 3.63) is 53.4 Å². The summed E-state index contributed by atoms with van der Waals surface area (Å²) in [4.78, 5) is 1.81. The highest BCUT2D eigenvalue weighted by molar-refractivity contribution is 5.46. The van der Waals surface area contributed by atoms with E-state index in [-0.39, 0.29) is 0 Å². The average Bonchev–Trinajstić information content (AvgIpc) is 3.29. The monoisotopic (exact) mass is 315 g/mol. The predicted octanol–water partition coefficient (Wildman–Crippen LogP) is 2.92. The van der Waals surface area contributed by atoms with Crippen LogP contribution in [0.2, 0.25) is 0 Å². The van der Waals surface area contributed by atoms with Gasteiger partial charge in [-0.25, -0.2) is 8.78 Å². The normalized spacial score (nSPS) is 14.4. The summed E-state index contributed by atoms with van der Waals surface area (Å²) in [5.41, 5.74) is 1.12. The number of benzene rings is 1. The van der Waals surface area contributed by atoms with Crippen molar-refractivity contribution >= 4 is 11.5 Å². The van der Waals surface area contributed by atoms with E-state index in [0.717, 1.165) is 24.7 Å². The minimum absolute atomic E-state index is 0.297. The third-order valence-corrected chi connectivity index (χ3v) is 4.03. The predicted molar refractivity (Wildman–Crippen MR) is 81.2 cm³/mol. The zero-order valence-corrected chi connectivity index (χ0v) is 12.6. The first-order chi connectivity index (χ1) is 11.1. The van der Waals surface area contributed by atoms with Crippen molar-refractivity contribution in [2.45, 2.75) is 25.3 Å². The molecule has 0 spiro atoms. The van der Waals surface area contributed by atoms with Crippen LogP contribution in [0.15, 0.2) is 30.3 Å². The van der Waals surface area contributed by atoms with Crippen molar-refractivity contribution in [2.24, 2.45) is 0 Å². The first-order valence-corrected chi connectivity index (χ1v) is 7.49. The second kappa shape index (κ2) is 5.26. The Morgan fingerprint density at radius 2 is 2.00 bits per heavy atom. The molecular weight excluding hydrogens is 300 g/mol. The van der Waals surface area contributed by atoms with Gasteiger partial charge in [-0.15, -0.1) is 15.3 Å². The van der Waals surface area contributed by atoms with Crippen LogP contribution >= 0.6 is 0 Å². The van der Waals surface area contributed by atoms with Crippen LogP contribution in [0.5, 0.6) is 0 Å². The lowest BCUT2D eigenvalue weighted by Gasteiger charge is -2.18. The molecule has 1 aliphatic carbocycles. The van der Waals surface area contributed by atoms with Gasteiger partial charge in [-0.3, -0.25) is 0 Å². The van der Waals surface area contributed by atoms with E-state index in [1.165, 1.54) is 12.1 Å². The maximum atomic E-state index is 13.8. The molecule has 4 rings (SSSR count). The molecule has 118 valence electrons. The highest BCUT2D eigenvalue weighted by atomic mass is 19.1. The number of halogens is 2. The molecule has 0 amide bonds. The van der Waals surface area contributed by atoms with Crippen LogP contribution < -0.4 is 4.90 Å². The van der Waals surface area contributed by atoms with Crippen molar-refractivity contribution in [3.8, 4) is 0 Å². The van der Waals surface area contributed by atoms with Gasteiger partial charge >= 0.3 is 0 Å². The standard InChI is InChI=1S/C16H15F2N5/c1-22(9-11-4-5-12(17)8-13(11)18)15-7-6-14-19-20-16(10-2-3-10)23(14)21-15/h4-8,10H,2-3,9H2,1H3. The molecule has 0 radical (unpaired) electrons. The summed E-state index contributed by atoms with van der Waals surface area (Å²) >= 11 is 0. The van der Waals surface area contributed by atoms with Crippen molar-refractivity contribution in [1.82, 2.24) is 19.8 Å². The van der Waals surface area contributed by atoms with Gasteiger partial charge in [0.15, 0.2) is 11.5 Å². The van der Waals surface area contributed by atoms with Crippen molar-refractivity contribution in [3.63, 3.8) is 0 Å². The second-order valence-electron chi connectivity index (χ2n) is 5.89. The fourth-order valence-corrected chi connectivity index (χ4v) is 2.58. The maximum Gasteiger partial charge on any atom is 0.178 e. The highest BCUT2D eigenvalue weighted by Gasteiger charge is 2.29. The van der Waals surface area contributed by atoms with Crippen LogP contribution in [0.4, 0.5) is 14.6 Å². The van der Waals surface area contributed by atoms with E-state index in [1.54, 1.807) is 4.52 Å². The molecule has 2 aromatic heterocycles. The van der Waals surface area contributed by atoms with E-state index in [2.05, 4.69) is 15.3 Å². The lowest BCUT2D eigenvalue weighted by molar-refractivity contribution is 0.570. The zero-order chi connectivity index (χ0) is 16.0. The van der Waals surface area contributed by atoms with E-state index in [1.807, 2.05) is 24.1 Å². The fraction of sp³-hybridized carbons (Fsp3) is 0.312. The summed E-state index contributed by atoms with van der Waals surface area (Å²) in [6.45, 7) is 0.297. The van der Waals surface area contributed by atoms with Crippen molar-refractivity contribution in [2.75, 3.05) is 11.9 Å². The number of nitrogens with zero attached hydrogens (tertiary/aromatic N) is 5. The van der Waals surface area contributed by atoms with E-state index in [0.29, 0.717) is 29.5 Å².